The molecule has 1 saturated carbocycles. The van der Waals surface area contributed by atoms with E-state index in [1.165, 1.54) is 0 Å². The zero-order valence-corrected chi connectivity index (χ0v) is 39.9. The number of ether oxygens (including phenoxy) is 8. The molecule has 21 heteroatoms. The number of carboxylic acids is 1. The van der Waals surface area contributed by atoms with Gasteiger partial charge in [-0.1, -0.05) is 54.9 Å². The molecule has 9 N–H and O–H groups in total. The van der Waals surface area contributed by atoms with Gasteiger partial charge >= 0.3 is 16.3 Å². The Morgan fingerprint density at radius 1 is 0.600 bits per heavy atom. The lowest BCUT2D eigenvalue weighted by atomic mass is 9.77. The Bertz CT molecular complexity index is 1580. The molecule has 380 valence electrons. The van der Waals surface area contributed by atoms with Crippen LogP contribution < -0.4 is 4.72 Å². The van der Waals surface area contributed by atoms with Crippen LogP contribution in [0.2, 0.25) is 0 Å². The molecule has 4 heterocycles. The van der Waals surface area contributed by atoms with Crippen molar-refractivity contribution in [3.05, 3.63) is 0 Å². The maximum Gasteiger partial charge on any atom is 0.333 e. The van der Waals surface area contributed by atoms with Crippen molar-refractivity contribution >= 4 is 16.3 Å². The number of aliphatic hydroxyl groups excluding tert-OH is 6. The second-order valence-electron chi connectivity index (χ2n) is 19.1. The Morgan fingerprint density at radius 3 is 1.80 bits per heavy atom. The summed E-state index contributed by atoms with van der Waals surface area (Å²) in [6, 6.07) is -1.54. The number of carbonyl (C=O) groups is 1. The van der Waals surface area contributed by atoms with Gasteiger partial charge in [-0.25, -0.2) is 4.79 Å². The molecule has 0 aromatic carbocycles. The van der Waals surface area contributed by atoms with Crippen LogP contribution in [0.3, 0.4) is 0 Å². The summed E-state index contributed by atoms with van der Waals surface area (Å²) in [4.78, 5) is 12.6. The first kappa shape index (κ1) is 54.7. The Hall–Kier alpha value is -1.22. The standard InChI is InChI=1S/C44H79NO19S/c1-9-25-21(7)40(29(12-4)62-31(25)18-57-16-23-15-24(14-20(6)34(23)46)60-42-30(13-5)59-22(8)26(10-2)36(42)48)63-44-39(51)35(47)27(41(64-44)43(52)53)17-58-19-32-33(45-65(54,55)56)38(50)37(49)28(11-3)61-32/h20-42,44-51H,9-19H2,1-8H3,(H,52,53)(H,54,55,56). The summed E-state index contributed by atoms with van der Waals surface area (Å²) in [5.74, 6) is -3.40. The number of hydrogen-bond donors (Lipinski definition) is 9. The average Bonchev–Trinajstić information content (AvgIpc) is 3.25. The molecule has 0 amide bonds. The van der Waals surface area contributed by atoms with Gasteiger partial charge in [-0.3, -0.25) is 4.55 Å². The normalized spacial score (nSPS) is 46.5. The van der Waals surface area contributed by atoms with E-state index >= 15 is 0 Å². The molecule has 5 aliphatic rings. The van der Waals surface area contributed by atoms with Gasteiger partial charge in [0.25, 0.3) is 0 Å². The third kappa shape index (κ3) is 13.0. The van der Waals surface area contributed by atoms with Gasteiger partial charge in [-0.05, 0) is 63.2 Å². The van der Waals surface area contributed by atoms with Gasteiger partial charge in [-0.15, -0.1) is 0 Å². The zero-order valence-electron chi connectivity index (χ0n) is 39.1. The molecule has 0 spiro atoms. The highest BCUT2D eigenvalue weighted by Crippen LogP contribution is 2.41. The van der Waals surface area contributed by atoms with Crippen LogP contribution in [0.1, 0.15) is 100 Å². The van der Waals surface area contributed by atoms with E-state index < -0.39 is 121 Å². The van der Waals surface area contributed by atoms with Gasteiger partial charge in [0, 0.05) is 17.8 Å². The topological polar surface area (TPSA) is 299 Å². The first-order valence-corrected chi connectivity index (χ1v) is 25.3. The minimum Gasteiger partial charge on any atom is -0.479 e. The van der Waals surface area contributed by atoms with E-state index in [9.17, 15) is 53.5 Å². The Kier molecular flexibility index (Phi) is 20.3. The molecule has 0 bridgehead atoms. The number of aliphatic hydroxyl groups is 6. The number of rotatable bonds is 20. The second-order valence-corrected chi connectivity index (χ2v) is 20.3. The van der Waals surface area contributed by atoms with Crippen molar-refractivity contribution in [3.8, 4) is 0 Å². The summed E-state index contributed by atoms with van der Waals surface area (Å²) in [6.45, 7) is 15.2. The number of nitrogens with one attached hydrogen (secondary N) is 1. The van der Waals surface area contributed by atoms with Crippen LogP contribution in [0.25, 0.3) is 0 Å². The third-order valence-electron chi connectivity index (χ3n) is 14.9. The summed E-state index contributed by atoms with van der Waals surface area (Å²) in [7, 11) is -4.86. The summed E-state index contributed by atoms with van der Waals surface area (Å²) >= 11 is 0. The van der Waals surface area contributed by atoms with Crippen molar-refractivity contribution in [2.45, 2.75) is 210 Å². The van der Waals surface area contributed by atoms with Crippen molar-refractivity contribution in [2.24, 2.45) is 35.5 Å². The molecule has 24 unspecified atom stereocenters. The predicted octanol–water partition coefficient (Wildman–Crippen LogP) is 0.797. The van der Waals surface area contributed by atoms with E-state index in [0.717, 1.165) is 6.42 Å². The smallest absolute Gasteiger partial charge is 0.333 e. The quantitative estimate of drug-likeness (QED) is 0.0763. The molecule has 5 rings (SSSR count). The van der Waals surface area contributed by atoms with E-state index in [2.05, 4.69) is 0 Å². The Balaban J connectivity index is 1.18. The highest BCUT2D eigenvalue weighted by Gasteiger charge is 2.53. The van der Waals surface area contributed by atoms with Gasteiger partial charge < -0.3 is 73.6 Å². The van der Waals surface area contributed by atoms with Crippen LogP contribution >= 0.6 is 0 Å². The minimum absolute atomic E-state index is 0.0296. The number of aliphatic carboxylic acids is 1. The summed E-state index contributed by atoms with van der Waals surface area (Å²) < 4.78 is 84.0. The lowest BCUT2D eigenvalue weighted by Crippen LogP contribution is -2.64. The highest BCUT2D eigenvalue weighted by molar-refractivity contribution is 7.83. The van der Waals surface area contributed by atoms with Gasteiger partial charge in [0.15, 0.2) is 12.4 Å². The fourth-order valence-corrected chi connectivity index (χ4v) is 11.8. The zero-order chi connectivity index (χ0) is 48.1. The molecule has 0 aromatic heterocycles. The lowest BCUT2D eigenvalue weighted by molar-refractivity contribution is -0.325. The molecule has 4 aliphatic heterocycles. The van der Waals surface area contributed by atoms with Crippen molar-refractivity contribution in [2.75, 3.05) is 26.4 Å². The molecular weight excluding hydrogens is 879 g/mol. The van der Waals surface area contributed by atoms with E-state index in [1.807, 2.05) is 53.2 Å². The molecular formula is C44H79NO19S. The van der Waals surface area contributed by atoms with Crippen LogP contribution in [-0.4, -0.2) is 191 Å². The molecule has 0 radical (unpaired) electrons. The molecule has 5 fully saturated rings. The SMILES string of the molecule is CCC1OC(COCC2C(C(=O)O)OC(OC3C(CC)OC(COCC4CC(OC5C(CC)OC(C)C(CC)C5O)CC(C)C4O)C(CC)C3C)C(O)C2O)C(NS(=O)(=O)O)C(O)C1O. The first-order chi connectivity index (χ1) is 30.7. The predicted molar refractivity (Wildman–Crippen MR) is 231 cm³/mol. The molecule has 0 aromatic rings. The summed E-state index contributed by atoms with van der Waals surface area (Å²) in [5.41, 5.74) is 0. The molecule has 20 nitrogen and oxygen atoms in total. The van der Waals surface area contributed by atoms with Gasteiger partial charge in [0.2, 0.25) is 0 Å². The first-order valence-electron chi connectivity index (χ1n) is 23.8. The van der Waals surface area contributed by atoms with Crippen LogP contribution in [0.5, 0.6) is 0 Å². The Labute approximate surface area is 383 Å². The van der Waals surface area contributed by atoms with Crippen molar-refractivity contribution < 1.29 is 91.4 Å². The average molecular weight is 958 g/mol. The van der Waals surface area contributed by atoms with Gasteiger partial charge in [0.1, 0.15) is 30.5 Å². The third-order valence-corrected chi connectivity index (χ3v) is 15.5. The van der Waals surface area contributed by atoms with E-state index in [4.69, 9.17) is 37.9 Å². The van der Waals surface area contributed by atoms with E-state index in [0.29, 0.717) is 32.1 Å². The van der Waals surface area contributed by atoms with Gasteiger partial charge in [-0.2, -0.15) is 13.1 Å². The molecule has 4 saturated heterocycles. The summed E-state index contributed by atoms with van der Waals surface area (Å²) in [6.07, 6.45) is -11.8. The molecule has 1 aliphatic carbocycles. The largest absolute Gasteiger partial charge is 0.479 e. The summed E-state index contributed by atoms with van der Waals surface area (Å²) in [5, 5.41) is 76.4. The van der Waals surface area contributed by atoms with Gasteiger partial charge in [0.05, 0.1) is 93.5 Å². The van der Waals surface area contributed by atoms with Crippen molar-refractivity contribution in [3.63, 3.8) is 0 Å². The van der Waals surface area contributed by atoms with Crippen LogP contribution in [-0.2, 0) is 53.0 Å². The highest BCUT2D eigenvalue weighted by atomic mass is 32.2. The second kappa shape index (κ2) is 24.1. The molecule has 24 atom stereocenters. The number of carboxylic acid groups (broad SMARTS) is 1. The maximum absolute atomic E-state index is 12.6. The van der Waals surface area contributed by atoms with Crippen LogP contribution in [0.4, 0.5) is 0 Å². The van der Waals surface area contributed by atoms with Crippen LogP contribution in [0, 0.1) is 35.5 Å². The lowest BCUT2D eigenvalue weighted by Gasteiger charge is -2.49. The van der Waals surface area contributed by atoms with E-state index in [-0.39, 0.29) is 73.6 Å². The number of hydrogen-bond acceptors (Lipinski definition) is 17. The maximum atomic E-state index is 12.6. The van der Waals surface area contributed by atoms with Crippen molar-refractivity contribution in [1.82, 2.24) is 4.72 Å². The minimum atomic E-state index is -4.86. The monoisotopic (exact) mass is 957 g/mol. The van der Waals surface area contributed by atoms with Crippen molar-refractivity contribution in [1.29, 1.82) is 0 Å². The fraction of sp³-hybridized carbons (Fsp3) is 0.977. The Morgan fingerprint density at radius 2 is 1.20 bits per heavy atom. The molecule has 65 heavy (non-hydrogen) atoms. The van der Waals surface area contributed by atoms with Crippen LogP contribution in [0.15, 0.2) is 0 Å². The van der Waals surface area contributed by atoms with E-state index in [1.54, 1.807) is 6.92 Å². The fourth-order valence-electron chi connectivity index (χ4n) is 11.1.